The smallest absolute Gasteiger partial charge is 0.167 e. The molecule has 1 aliphatic rings. The molecular formula is C15H14ClN5O. The predicted molar refractivity (Wildman–Crippen MR) is 81.1 cm³/mol. The first-order valence-corrected chi connectivity index (χ1v) is 7.26. The van der Waals surface area contributed by atoms with Gasteiger partial charge in [-0.2, -0.15) is 10.4 Å². The van der Waals surface area contributed by atoms with Crippen LogP contribution in [0.1, 0.15) is 34.2 Å². The van der Waals surface area contributed by atoms with Crippen LogP contribution in [0.25, 0.3) is 5.82 Å². The molecule has 7 heteroatoms. The van der Waals surface area contributed by atoms with Crippen LogP contribution in [0.3, 0.4) is 0 Å². The number of Topliss-reactive ketones (excluding diaryl/α,β-unsaturated/α-hetero) is 1. The van der Waals surface area contributed by atoms with Crippen molar-refractivity contribution < 1.29 is 4.79 Å². The van der Waals surface area contributed by atoms with E-state index in [0.717, 1.165) is 24.2 Å². The Morgan fingerprint density at radius 1 is 1.45 bits per heavy atom. The Hall–Kier alpha value is -2.23. The molecule has 0 amide bonds. The SMILES string of the molecule is CC(=O)c1ccc(Cl)nc1-n1nc(C#N)c2c1CCN(C)C2. The number of nitrogens with zero attached hydrogens (tertiary/aromatic N) is 5. The van der Waals surface area contributed by atoms with Crippen LogP contribution in [0, 0.1) is 11.3 Å². The lowest BCUT2D eigenvalue weighted by Gasteiger charge is -2.23. The summed E-state index contributed by atoms with van der Waals surface area (Å²) in [6.07, 6.45) is 0.742. The average molecular weight is 316 g/mol. The highest BCUT2D eigenvalue weighted by molar-refractivity contribution is 6.29. The highest BCUT2D eigenvalue weighted by Crippen LogP contribution is 2.26. The van der Waals surface area contributed by atoms with Crippen LogP contribution in [-0.4, -0.2) is 39.0 Å². The Morgan fingerprint density at radius 3 is 2.91 bits per heavy atom. The fraction of sp³-hybridized carbons (Fsp3) is 0.333. The standard InChI is InChI=1S/C15H14ClN5O/c1-9(22)10-3-4-14(16)18-15(10)21-13-5-6-20(2)8-11(13)12(7-17)19-21/h3-4H,5-6,8H2,1-2H3. The van der Waals surface area contributed by atoms with Crippen molar-refractivity contribution >= 4 is 17.4 Å². The number of halogens is 1. The number of hydrogen-bond acceptors (Lipinski definition) is 5. The summed E-state index contributed by atoms with van der Waals surface area (Å²) < 4.78 is 1.60. The number of carbonyl (C=O) groups is 1. The van der Waals surface area contributed by atoms with Gasteiger partial charge >= 0.3 is 0 Å². The molecule has 6 nitrogen and oxygen atoms in total. The summed E-state index contributed by atoms with van der Waals surface area (Å²) in [7, 11) is 2.00. The van der Waals surface area contributed by atoms with Gasteiger partial charge < -0.3 is 4.90 Å². The molecule has 2 aromatic rings. The van der Waals surface area contributed by atoms with Crippen molar-refractivity contribution in [3.8, 4) is 11.9 Å². The third-order valence-corrected chi connectivity index (χ3v) is 3.99. The molecule has 1 aliphatic heterocycles. The lowest BCUT2D eigenvalue weighted by Crippen LogP contribution is -2.27. The average Bonchev–Trinajstić information content (AvgIpc) is 2.84. The molecule has 0 aliphatic carbocycles. The second-order valence-corrected chi connectivity index (χ2v) is 5.73. The van der Waals surface area contributed by atoms with Crippen molar-refractivity contribution in [1.82, 2.24) is 19.7 Å². The van der Waals surface area contributed by atoms with E-state index in [1.165, 1.54) is 6.92 Å². The van der Waals surface area contributed by atoms with Crippen molar-refractivity contribution in [2.45, 2.75) is 19.9 Å². The predicted octanol–water partition coefficient (Wildman–Crippen LogP) is 1.98. The Morgan fingerprint density at radius 2 is 2.23 bits per heavy atom. The van der Waals surface area contributed by atoms with Gasteiger partial charge in [-0.05, 0) is 26.1 Å². The third-order valence-electron chi connectivity index (χ3n) is 3.78. The number of rotatable bonds is 2. The van der Waals surface area contributed by atoms with E-state index >= 15 is 0 Å². The Bertz CT molecular complexity index is 805. The quantitative estimate of drug-likeness (QED) is 0.626. The molecule has 0 radical (unpaired) electrons. The van der Waals surface area contributed by atoms with E-state index in [9.17, 15) is 10.1 Å². The number of hydrogen-bond donors (Lipinski definition) is 0. The highest BCUT2D eigenvalue weighted by atomic mass is 35.5. The second kappa shape index (κ2) is 5.52. The molecule has 0 saturated carbocycles. The van der Waals surface area contributed by atoms with Crippen LogP contribution in [0.2, 0.25) is 5.15 Å². The number of carbonyl (C=O) groups excluding carboxylic acids is 1. The molecule has 0 saturated heterocycles. The van der Waals surface area contributed by atoms with Gasteiger partial charge in [-0.1, -0.05) is 11.6 Å². The first-order valence-electron chi connectivity index (χ1n) is 6.88. The summed E-state index contributed by atoms with van der Waals surface area (Å²) in [5.74, 6) is 0.275. The summed E-state index contributed by atoms with van der Waals surface area (Å²) in [5, 5.41) is 14.0. The highest BCUT2D eigenvalue weighted by Gasteiger charge is 2.26. The van der Waals surface area contributed by atoms with Crippen molar-refractivity contribution in [2.75, 3.05) is 13.6 Å². The van der Waals surface area contributed by atoms with Gasteiger partial charge in [0.05, 0.1) is 11.3 Å². The maximum atomic E-state index is 11.8. The molecule has 0 aromatic carbocycles. The fourth-order valence-corrected chi connectivity index (χ4v) is 2.82. The van der Waals surface area contributed by atoms with Crippen molar-refractivity contribution in [3.63, 3.8) is 0 Å². The van der Waals surface area contributed by atoms with E-state index in [2.05, 4.69) is 21.1 Å². The molecule has 112 valence electrons. The maximum absolute atomic E-state index is 11.8. The molecule has 0 spiro atoms. The minimum atomic E-state index is -0.116. The zero-order valence-corrected chi connectivity index (χ0v) is 13.1. The Labute approximate surface area is 132 Å². The summed E-state index contributed by atoms with van der Waals surface area (Å²) in [5.41, 5.74) is 2.63. The van der Waals surface area contributed by atoms with E-state index < -0.39 is 0 Å². The normalized spacial score (nSPS) is 14.5. The van der Waals surface area contributed by atoms with Crippen LogP contribution < -0.4 is 0 Å². The van der Waals surface area contributed by atoms with Gasteiger partial charge in [-0.15, -0.1) is 0 Å². The second-order valence-electron chi connectivity index (χ2n) is 5.35. The zero-order valence-electron chi connectivity index (χ0n) is 12.3. The summed E-state index contributed by atoms with van der Waals surface area (Å²) in [6, 6.07) is 5.35. The van der Waals surface area contributed by atoms with Crippen LogP contribution in [0.4, 0.5) is 0 Å². The van der Waals surface area contributed by atoms with E-state index in [1.54, 1.807) is 16.8 Å². The summed E-state index contributed by atoms with van der Waals surface area (Å²) in [6.45, 7) is 3.00. The first-order chi connectivity index (χ1) is 10.5. The molecule has 3 heterocycles. The number of likely N-dealkylation sites (N-methyl/N-ethyl adjacent to an activating group) is 1. The van der Waals surface area contributed by atoms with E-state index in [-0.39, 0.29) is 10.9 Å². The van der Waals surface area contributed by atoms with E-state index in [4.69, 9.17) is 11.6 Å². The number of fused-ring (bicyclic) bond motifs is 1. The van der Waals surface area contributed by atoms with Crippen LogP contribution >= 0.6 is 11.6 Å². The molecule has 0 unspecified atom stereocenters. The molecule has 0 N–H and O–H groups in total. The van der Waals surface area contributed by atoms with E-state index in [1.807, 2.05) is 7.05 Å². The molecular weight excluding hydrogens is 302 g/mol. The summed E-state index contributed by atoms with van der Waals surface area (Å²) in [4.78, 5) is 18.2. The van der Waals surface area contributed by atoms with Gasteiger partial charge in [0, 0.05) is 25.1 Å². The van der Waals surface area contributed by atoms with Crippen LogP contribution in [0.15, 0.2) is 12.1 Å². The molecule has 22 heavy (non-hydrogen) atoms. The van der Waals surface area contributed by atoms with Crippen molar-refractivity contribution in [3.05, 3.63) is 39.8 Å². The third kappa shape index (κ3) is 2.39. The van der Waals surface area contributed by atoms with Crippen LogP contribution in [0.5, 0.6) is 0 Å². The van der Waals surface area contributed by atoms with Gasteiger partial charge in [0.15, 0.2) is 17.3 Å². The monoisotopic (exact) mass is 315 g/mol. The largest absolute Gasteiger partial charge is 0.302 e. The molecule has 0 fully saturated rings. The van der Waals surface area contributed by atoms with Gasteiger partial charge in [-0.25, -0.2) is 9.67 Å². The maximum Gasteiger partial charge on any atom is 0.167 e. The number of aromatic nitrogens is 3. The molecule has 3 rings (SSSR count). The Balaban J connectivity index is 2.24. The fourth-order valence-electron chi connectivity index (χ4n) is 2.68. The number of ketones is 1. The minimum Gasteiger partial charge on any atom is -0.302 e. The van der Waals surface area contributed by atoms with Gasteiger partial charge in [-0.3, -0.25) is 4.79 Å². The number of pyridine rings is 1. The molecule has 2 aromatic heterocycles. The van der Waals surface area contributed by atoms with Gasteiger partial charge in [0.25, 0.3) is 0 Å². The molecule has 0 atom stereocenters. The van der Waals surface area contributed by atoms with Gasteiger partial charge in [0.1, 0.15) is 11.2 Å². The first kappa shape index (κ1) is 14.7. The van der Waals surface area contributed by atoms with Crippen molar-refractivity contribution in [2.24, 2.45) is 0 Å². The number of nitriles is 1. The minimum absolute atomic E-state index is 0.116. The van der Waals surface area contributed by atoms with Crippen LogP contribution in [-0.2, 0) is 13.0 Å². The van der Waals surface area contributed by atoms with E-state index in [0.29, 0.717) is 23.6 Å². The summed E-state index contributed by atoms with van der Waals surface area (Å²) >= 11 is 5.98. The van der Waals surface area contributed by atoms with Gasteiger partial charge in [0.2, 0.25) is 0 Å². The Kier molecular flexibility index (Phi) is 3.69. The lowest BCUT2D eigenvalue weighted by atomic mass is 10.1. The molecule has 0 bridgehead atoms. The topological polar surface area (TPSA) is 74.8 Å². The zero-order chi connectivity index (χ0) is 15.9. The lowest BCUT2D eigenvalue weighted by molar-refractivity contribution is 0.101. The van der Waals surface area contributed by atoms with Crippen molar-refractivity contribution in [1.29, 1.82) is 5.26 Å².